The maximum atomic E-state index is 14.0. The van der Waals surface area contributed by atoms with E-state index in [4.69, 9.17) is 36.3 Å². The highest BCUT2D eigenvalue weighted by molar-refractivity contribution is 6.33. The number of hydrogen-bond donors (Lipinski definition) is 1. The van der Waals surface area contributed by atoms with Crippen molar-refractivity contribution in [3.63, 3.8) is 0 Å². The molecule has 1 unspecified atom stereocenters. The molecule has 3 rings (SSSR count). The summed E-state index contributed by atoms with van der Waals surface area (Å²) in [6.45, 7) is 3.90. The maximum Gasteiger partial charge on any atom is 0.269 e. The van der Waals surface area contributed by atoms with Crippen LogP contribution in [-0.2, 0) is 10.2 Å². The highest BCUT2D eigenvalue weighted by Crippen LogP contribution is 2.43. The van der Waals surface area contributed by atoms with Crippen molar-refractivity contribution in [2.45, 2.75) is 38.5 Å². The molecule has 2 aromatic carbocycles. The van der Waals surface area contributed by atoms with E-state index in [1.165, 1.54) is 33.0 Å². The van der Waals surface area contributed by atoms with Gasteiger partial charge in [0.2, 0.25) is 5.91 Å². The van der Waals surface area contributed by atoms with E-state index in [1.807, 2.05) is 13.8 Å². The number of methoxy groups -OCH3 is 4. The average Bonchev–Trinajstić information content (AvgIpc) is 3.23. The van der Waals surface area contributed by atoms with Crippen molar-refractivity contribution in [1.82, 2.24) is 4.57 Å². The third-order valence-corrected chi connectivity index (χ3v) is 6.79. The number of carbonyl (C=O) groups excluding carboxylic acids is 2. The van der Waals surface area contributed by atoms with E-state index in [9.17, 15) is 9.59 Å². The van der Waals surface area contributed by atoms with Crippen LogP contribution in [0.5, 0.6) is 23.0 Å². The summed E-state index contributed by atoms with van der Waals surface area (Å²) < 4.78 is 23.2. The van der Waals surface area contributed by atoms with E-state index in [1.54, 1.807) is 30.5 Å². The predicted octanol–water partition coefficient (Wildman–Crippen LogP) is 4.95. The fourth-order valence-electron chi connectivity index (χ4n) is 4.63. The number of amides is 1. The second-order valence-corrected chi connectivity index (χ2v) is 8.59. The van der Waals surface area contributed by atoms with Crippen LogP contribution >= 0.6 is 11.6 Å². The SMILES string of the molecule is CCCC(CC)(C(N)=O)c1cn(C(=O)c2c(OC)cc(OC)cc2OC)c2cc(Cl)c(OC)cc12. The summed E-state index contributed by atoms with van der Waals surface area (Å²) in [4.78, 5) is 26.9. The standard InChI is InChI=1S/C26H31ClN2O6/c1-7-9-26(8-2,25(28)31)17-14-29(19-13-18(27)20(33-4)12-16(17)19)24(30)23-21(34-5)10-15(32-3)11-22(23)35-6/h10-14H,7-9H2,1-6H3,(H2,28,31). The van der Waals surface area contributed by atoms with E-state index in [0.29, 0.717) is 45.8 Å². The molecular formula is C26H31ClN2O6. The Balaban J connectivity index is 2.41. The lowest BCUT2D eigenvalue weighted by Crippen LogP contribution is -2.40. The van der Waals surface area contributed by atoms with Crippen LogP contribution in [0.15, 0.2) is 30.5 Å². The summed E-state index contributed by atoms with van der Waals surface area (Å²) >= 11 is 6.46. The summed E-state index contributed by atoms with van der Waals surface area (Å²) in [5.41, 5.74) is 6.33. The Bertz CT molecular complexity index is 1240. The molecule has 1 aromatic heterocycles. The summed E-state index contributed by atoms with van der Waals surface area (Å²) in [5.74, 6) is 0.574. The van der Waals surface area contributed by atoms with Gasteiger partial charge < -0.3 is 24.7 Å². The van der Waals surface area contributed by atoms with Gasteiger partial charge in [-0.15, -0.1) is 0 Å². The third-order valence-electron chi connectivity index (χ3n) is 6.49. The Morgan fingerprint density at radius 1 is 0.943 bits per heavy atom. The van der Waals surface area contributed by atoms with Crippen LogP contribution in [0.2, 0.25) is 5.02 Å². The van der Waals surface area contributed by atoms with Crippen molar-refractivity contribution in [3.05, 3.63) is 46.6 Å². The number of primary amides is 1. The van der Waals surface area contributed by atoms with Crippen molar-refractivity contribution >= 4 is 34.3 Å². The maximum absolute atomic E-state index is 14.0. The van der Waals surface area contributed by atoms with Gasteiger partial charge in [-0.25, -0.2) is 0 Å². The number of ether oxygens (including phenoxy) is 4. The molecule has 1 heterocycles. The van der Waals surface area contributed by atoms with Gasteiger partial charge in [-0.3, -0.25) is 14.2 Å². The number of rotatable bonds is 10. The third kappa shape index (κ3) is 4.38. The Labute approximate surface area is 209 Å². The molecule has 0 bridgehead atoms. The monoisotopic (exact) mass is 502 g/mol. The zero-order valence-corrected chi connectivity index (χ0v) is 21.6. The number of carbonyl (C=O) groups is 2. The van der Waals surface area contributed by atoms with Crippen molar-refractivity contribution in [3.8, 4) is 23.0 Å². The first-order valence-corrected chi connectivity index (χ1v) is 11.6. The molecule has 9 heteroatoms. The number of fused-ring (bicyclic) bond motifs is 1. The molecule has 0 saturated heterocycles. The molecule has 2 N–H and O–H groups in total. The van der Waals surface area contributed by atoms with Crippen LogP contribution in [0.4, 0.5) is 0 Å². The van der Waals surface area contributed by atoms with E-state index >= 15 is 0 Å². The van der Waals surface area contributed by atoms with Gasteiger partial charge >= 0.3 is 0 Å². The van der Waals surface area contributed by atoms with Gasteiger partial charge in [0.1, 0.15) is 28.6 Å². The van der Waals surface area contributed by atoms with E-state index < -0.39 is 17.2 Å². The van der Waals surface area contributed by atoms with Crippen molar-refractivity contribution < 1.29 is 28.5 Å². The fraction of sp³-hybridized carbons (Fsp3) is 0.385. The Morgan fingerprint density at radius 2 is 1.54 bits per heavy atom. The second-order valence-electron chi connectivity index (χ2n) is 8.18. The fourth-order valence-corrected chi connectivity index (χ4v) is 4.86. The zero-order valence-electron chi connectivity index (χ0n) is 20.9. The van der Waals surface area contributed by atoms with Crippen LogP contribution in [0.3, 0.4) is 0 Å². The molecule has 8 nitrogen and oxygen atoms in total. The molecule has 0 aliphatic carbocycles. The van der Waals surface area contributed by atoms with Gasteiger partial charge in [-0.05, 0) is 30.5 Å². The van der Waals surface area contributed by atoms with Crippen LogP contribution in [0.25, 0.3) is 10.9 Å². The van der Waals surface area contributed by atoms with Crippen LogP contribution in [0, 0.1) is 0 Å². The highest BCUT2D eigenvalue weighted by atomic mass is 35.5. The van der Waals surface area contributed by atoms with Gasteiger partial charge in [0.25, 0.3) is 5.91 Å². The normalized spacial score (nSPS) is 12.8. The zero-order chi connectivity index (χ0) is 25.9. The van der Waals surface area contributed by atoms with E-state index in [0.717, 1.165) is 6.42 Å². The minimum Gasteiger partial charge on any atom is -0.496 e. The minimum absolute atomic E-state index is 0.197. The summed E-state index contributed by atoms with van der Waals surface area (Å²) in [7, 11) is 5.94. The number of nitrogens with zero attached hydrogens (tertiary/aromatic N) is 1. The smallest absolute Gasteiger partial charge is 0.269 e. The first kappa shape index (κ1) is 26.2. The topological polar surface area (TPSA) is 102 Å². The number of benzene rings is 2. The van der Waals surface area contributed by atoms with Crippen LogP contribution in [-0.4, -0.2) is 44.8 Å². The number of hydrogen-bond acceptors (Lipinski definition) is 6. The average molecular weight is 503 g/mol. The van der Waals surface area contributed by atoms with Gasteiger partial charge in [0.05, 0.1) is 44.4 Å². The molecule has 0 spiro atoms. The summed E-state index contributed by atoms with van der Waals surface area (Å²) in [6, 6.07) is 6.60. The summed E-state index contributed by atoms with van der Waals surface area (Å²) in [5, 5.41) is 0.976. The number of nitrogens with two attached hydrogens (primary N) is 1. The second kappa shape index (κ2) is 10.5. The van der Waals surface area contributed by atoms with Gasteiger partial charge in [-0.2, -0.15) is 0 Å². The first-order valence-electron chi connectivity index (χ1n) is 11.3. The molecule has 1 atom stereocenters. The summed E-state index contributed by atoms with van der Waals surface area (Å²) in [6.07, 6.45) is 3.37. The molecular weight excluding hydrogens is 472 g/mol. The molecule has 35 heavy (non-hydrogen) atoms. The molecule has 0 saturated carbocycles. The molecule has 0 aliphatic rings. The van der Waals surface area contributed by atoms with Crippen molar-refractivity contribution in [1.29, 1.82) is 0 Å². The van der Waals surface area contributed by atoms with Crippen LogP contribution < -0.4 is 24.7 Å². The van der Waals surface area contributed by atoms with Crippen molar-refractivity contribution in [2.24, 2.45) is 5.73 Å². The Hall–Kier alpha value is -3.39. The largest absolute Gasteiger partial charge is 0.496 e. The van der Waals surface area contributed by atoms with E-state index in [2.05, 4.69) is 0 Å². The molecule has 0 radical (unpaired) electrons. The van der Waals surface area contributed by atoms with Gasteiger partial charge in [0.15, 0.2) is 0 Å². The van der Waals surface area contributed by atoms with Gasteiger partial charge in [0, 0.05) is 23.7 Å². The minimum atomic E-state index is -0.981. The predicted molar refractivity (Wildman–Crippen MR) is 135 cm³/mol. The lowest BCUT2D eigenvalue weighted by Gasteiger charge is -2.29. The highest BCUT2D eigenvalue weighted by Gasteiger charge is 2.39. The van der Waals surface area contributed by atoms with Crippen LogP contribution in [0.1, 0.15) is 49.0 Å². The quantitative estimate of drug-likeness (QED) is 0.421. The van der Waals surface area contributed by atoms with Gasteiger partial charge in [-0.1, -0.05) is 31.9 Å². The number of aromatic nitrogens is 1. The Kier molecular flexibility index (Phi) is 7.85. The molecule has 3 aromatic rings. The molecule has 0 fully saturated rings. The van der Waals surface area contributed by atoms with Crippen molar-refractivity contribution in [2.75, 3.05) is 28.4 Å². The molecule has 1 amide bonds. The van der Waals surface area contributed by atoms with E-state index in [-0.39, 0.29) is 17.1 Å². The molecule has 188 valence electrons. The number of halogens is 1. The lowest BCUT2D eigenvalue weighted by molar-refractivity contribution is -0.124. The lowest BCUT2D eigenvalue weighted by atomic mass is 9.74. The Morgan fingerprint density at radius 3 is 2.00 bits per heavy atom. The molecule has 0 aliphatic heterocycles. The first-order chi connectivity index (χ1) is 16.7.